The molecule has 0 saturated carbocycles. The number of benzene rings is 2. The molecular formula is C19H17N5O4. The van der Waals surface area contributed by atoms with Crippen molar-refractivity contribution in [3.05, 3.63) is 77.1 Å². The number of carboxylic acid groups (broad SMARTS) is 1. The largest absolute Gasteiger partial charge is 0.478 e. The molecule has 142 valence electrons. The molecule has 3 rings (SSSR count). The molecule has 0 radical (unpaired) electrons. The lowest BCUT2D eigenvalue weighted by Gasteiger charge is -2.15. The average Bonchev–Trinajstić information content (AvgIpc) is 3.18. The van der Waals surface area contributed by atoms with E-state index in [1.165, 1.54) is 35.1 Å². The normalized spacial score (nSPS) is 11.6. The molecule has 9 heteroatoms. The zero-order valence-electron chi connectivity index (χ0n) is 14.9. The first-order valence-corrected chi connectivity index (χ1v) is 8.32. The molecule has 1 heterocycles. The number of primary amides is 1. The molecule has 0 aliphatic carbocycles. The van der Waals surface area contributed by atoms with Crippen molar-refractivity contribution >= 4 is 17.8 Å². The van der Waals surface area contributed by atoms with E-state index < -0.39 is 11.9 Å². The van der Waals surface area contributed by atoms with Crippen LogP contribution in [0.15, 0.2) is 54.7 Å². The lowest BCUT2D eigenvalue weighted by atomic mass is 10.1. The maximum atomic E-state index is 12.3. The number of carbonyl (C=O) groups is 3. The van der Waals surface area contributed by atoms with Gasteiger partial charge in [0.2, 0.25) is 0 Å². The van der Waals surface area contributed by atoms with Crippen LogP contribution in [0.5, 0.6) is 0 Å². The highest BCUT2D eigenvalue weighted by atomic mass is 16.4. The summed E-state index contributed by atoms with van der Waals surface area (Å²) in [5.74, 6) is -2.01. The Bertz CT molecular complexity index is 1030. The summed E-state index contributed by atoms with van der Waals surface area (Å²) in [6, 6.07) is 12.6. The molecular weight excluding hydrogens is 362 g/mol. The van der Waals surface area contributed by atoms with Crippen LogP contribution in [0, 0.1) is 0 Å². The van der Waals surface area contributed by atoms with E-state index in [1.54, 1.807) is 12.1 Å². The number of hydrogen-bond acceptors (Lipinski definition) is 5. The summed E-state index contributed by atoms with van der Waals surface area (Å²) in [4.78, 5) is 34.3. The molecule has 0 aliphatic heterocycles. The summed E-state index contributed by atoms with van der Waals surface area (Å²) in [5.41, 5.74) is 7.26. The van der Waals surface area contributed by atoms with Gasteiger partial charge in [-0.05, 0) is 48.9 Å². The lowest BCUT2D eigenvalue weighted by molar-refractivity contribution is 0.0696. The molecule has 0 aliphatic rings. The van der Waals surface area contributed by atoms with Gasteiger partial charge in [0.15, 0.2) is 5.69 Å². The van der Waals surface area contributed by atoms with Crippen LogP contribution in [0.1, 0.15) is 49.7 Å². The smallest absolute Gasteiger partial charge is 0.335 e. The van der Waals surface area contributed by atoms with Crippen molar-refractivity contribution in [2.75, 3.05) is 0 Å². The van der Waals surface area contributed by atoms with Crippen LogP contribution >= 0.6 is 0 Å². The van der Waals surface area contributed by atoms with Crippen molar-refractivity contribution in [1.29, 1.82) is 0 Å². The van der Waals surface area contributed by atoms with Crippen molar-refractivity contribution in [3.63, 3.8) is 0 Å². The van der Waals surface area contributed by atoms with Crippen molar-refractivity contribution in [2.45, 2.75) is 13.0 Å². The van der Waals surface area contributed by atoms with Gasteiger partial charge in [-0.3, -0.25) is 9.59 Å². The molecule has 0 spiro atoms. The second-order valence-electron chi connectivity index (χ2n) is 6.08. The van der Waals surface area contributed by atoms with E-state index in [1.807, 2.05) is 19.1 Å². The van der Waals surface area contributed by atoms with E-state index in [4.69, 9.17) is 10.8 Å². The molecule has 9 nitrogen and oxygen atoms in total. The minimum Gasteiger partial charge on any atom is -0.478 e. The zero-order chi connectivity index (χ0) is 20.3. The molecule has 0 bridgehead atoms. The van der Waals surface area contributed by atoms with E-state index >= 15 is 0 Å². The maximum Gasteiger partial charge on any atom is 0.335 e. The number of carboxylic acids is 1. The van der Waals surface area contributed by atoms with Crippen molar-refractivity contribution in [3.8, 4) is 5.69 Å². The van der Waals surface area contributed by atoms with Gasteiger partial charge in [0.1, 0.15) is 0 Å². The SMILES string of the molecule is CC(NC(=O)c1ccc(C(=O)O)cc1)c1ccc(-n2cc(C(N)=O)nn2)cc1. The van der Waals surface area contributed by atoms with Crippen LogP contribution in [-0.4, -0.2) is 37.9 Å². The fourth-order valence-electron chi connectivity index (χ4n) is 2.55. The van der Waals surface area contributed by atoms with Gasteiger partial charge in [0.25, 0.3) is 11.8 Å². The summed E-state index contributed by atoms with van der Waals surface area (Å²) in [5, 5.41) is 19.3. The molecule has 0 saturated heterocycles. The third-order valence-electron chi connectivity index (χ3n) is 4.15. The van der Waals surface area contributed by atoms with Crippen LogP contribution in [0.2, 0.25) is 0 Å². The fraction of sp³-hybridized carbons (Fsp3) is 0.105. The molecule has 28 heavy (non-hydrogen) atoms. The van der Waals surface area contributed by atoms with Crippen LogP contribution < -0.4 is 11.1 Å². The summed E-state index contributed by atoms with van der Waals surface area (Å²) >= 11 is 0. The van der Waals surface area contributed by atoms with Crippen molar-refractivity contribution in [2.24, 2.45) is 5.73 Å². The van der Waals surface area contributed by atoms with E-state index in [-0.39, 0.29) is 23.2 Å². The quantitative estimate of drug-likeness (QED) is 0.594. The Morgan fingerprint density at radius 2 is 1.64 bits per heavy atom. The number of aromatic nitrogens is 3. The van der Waals surface area contributed by atoms with Gasteiger partial charge < -0.3 is 16.2 Å². The molecule has 1 unspecified atom stereocenters. The average molecular weight is 379 g/mol. The number of rotatable bonds is 6. The van der Waals surface area contributed by atoms with Gasteiger partial charge in [-0.1, -0.05) is 17.3 Å². The van der Waals surface area contributed by atoms with Gasteiger partial charge in [0, 0.05) is 5.56 Å². The molecule has 1 atom stereocenters. The van der Waals surface area contributed by atoms with Crippen LogP contribution in [0.4, 0.5) is 0 Å². The predicted octanol–water partition coefficient (Wildman–Crippen LogP) is 1.56. The second kappa shape index (κ2) is 7.70. The first-order valence-electron chi connectivity index (χ1n) is 8.32. The highest BCUT2D eigenvalue weighted by molar-refractivity contribution is 5.96. The Labute approximate surface area is 159 Å². The first kappa shape index (κ1) is 18.8. The predicted molar refractivity (Wildman–Crippen MR) is 99.2 cm³/mol. The van der Waals surface area contributed by atoms with Gasteiger partial charge in [-0.25, -0.2) is 9.48 Å². The Morgan fingerprint density at radius 1 is 1.04 bits per heavy atom. The maximum absolute atomic E-state index is 12.3. The third-order valence-corrected chi connectivity index (χ3v) is 4.15. The van der Waals surface area contributed by atoms with Gasteiger partial charge in [-0.15, -0.1) is 5.10 Å². The van der Waals surface area contributed by atoms with E-state index in [2.05, 4.69) is 15.6 Å². The Hall–Kier alpha value is -4.01. The van der Waals surface area contributed by atoms with E-state index in [9.17, 15) is 14.4 Å². The number of hydrogen-bond donors (Lipinski definition) is 3. The summed E-state index contributed by atoms with van der Waals surface area (Å²) < 4.78 is 1.43. The monoisotopic (exact) mass is 379 g/mol. The fourth-order valence-corrected chi connectivity index (χ4v) is 2.55. The summed E-state index contributed by atoms with van der Waals surface area (Å²) in [7, 11) is 0. The minimum atomic E-state index is -1.05. The lowest BCUT2D eigenvalue weighted by Crippen LogP contribution is -2.26. The zero-order valence-corrected chi connectivity index (χ0v) is 14.9. The van der Waals surface area contributed by atoms with Crippen LogP contribution in [0.3, 0.4) is 0 Å². The van der Waals surface area contributed by atoms with E-state index in [0.717, 1.165) is 5.56 Å². The molecule has 3 aromatic rings. The molecule has 1 aromatic heterocycles. The second-order valence-corrected chi connectivity index (χ2v) is 6.08. The van der Waals surface area contributed by atoms with Crippen molar-refractivity contribution < 1.29 is 19.5 Å². The van der Waals surface area contributed by atoms with Gasteiger partial charge in [0.05, 0.1) is 23.5 Å². The van der Waals surface area contributed by atoms with E-state index in [0.29, 0.717) is 11.3 Å². The first-order chi connectivity index (χ1) is 13.3. The highest BCUT2D eigenvalue weighted by Gasteiger charge is 2.13. The van der Waals surface area contributed by atoms with Crippen LogP contribution in [-0.2, 0) is 0 Å². The van der Waals surface area contributed by atoms with Gasteiger partial charge >= 0.3 is 5.97 Å². The number of nitrogens with zero attached hydrogens (tertiary/aromatic N) is 3. The highest BCUT2D eigenvalue weighted by Crippen LogP contribution is 2.16. The molecule has 2 amide bonds. The Morgan fingerprint density at radius 3 is 2.18 bits per heavy atom. The van der Waals surface area contributed by atoms with Crippen LogP contribution in [0.25, 0.3) is 5.69 Å². The number of carbonyl (C=O) groups excluding carboxylic acids is 2. The standard InChI is InChI=1S/C19H17N5O4/c1-11(21-18(26)13-2-4-14(5-3-13)19(27)28)12-6-8-15(9-7-12)24-10-16(17(20)25)22-23-24/h2-11H,1H3,(H2,20,25)(H,21,26)(H,27,28). The number of nitrogens with two attached hydrogens (primary N) is 1. The molecule has 2 aromatic carbocycles. The molecule has 4 N–H and O–H groups in total. The molecule has 0 fully saturated rings. The topological polar surface area (TPSA) is 140 Å². The third kappa shape index (κ3) is 4.04. The Balaban J connectivity index is 1.68. The summed E-state index contributed by atoms with van der Waals surface area (Å²) in [6.07, 6.45) is 1.43. The number of nitrogens with one attached hydrogen (secondary N) is 1. The Kier molecular flexibility index (Phi) is 5.16. The summed E-state index contributed by atoms with van der Waals surface area (Å²) in [6.45, 7) is 1.83. The van der Waals surface area contributed by atoms with Crippen molar-refractivity contribution in [1.82, 2.24) is 20.3 Å². The number of amides is 2. The minimum absolute atomic E-state index is 0.0682. The van der Waals surface area contributed by atoms with Gasteiger partial charge in [-0.2, -0.15) is 0 Å². The number of aromatic carboxylic acids is 1.